The van der Waals surface area contributed by atoms with Crippen LogP contribution in [0.25, 0.3) is 21.8 Å². The molecule has 1 aliphatic heterocycles. The second-order valence-corrected chi connectivity index (χ2v) is 10.7. The molecule has 3 aromatic rings. The number of carbonyl (C=O) groups excluding carboxylic acids is 1. The van der Waals surface area contributed by atoms with Crippen LogP contribution < -0.4 is 5.32 Å². The number of pyridine rings is 1. The SMILES string of the molecule is C=C(CN1CC(C)(C)OC[C@H]1C(=O)Nc1cc(Cl)cc2c1[nH]c1cnccc12)N(CCC)CCCC. The summed E-state index contributed by atoms with van der Waals surface area (Å²) in [4.78, 5) is 25.8. The summed E-state index contributed by atoms with van der Waals surface area (Å²) in [5.74, 6) is -0.116. The summed E-state index contributed by atoms with van der Waals surface area (Å²) < 4.78 is 6.09. The van der Waals surface area contributed by atoms with Crippen LogP contribution in [0.1, 0.15) is 47.0 Å². The standard InChI is InChI=1S/C28H38ClN5O2/c1-6-8-12-33(11-7-2)19(3)16-34-18-28(4,5)36-17-25(34)27(35)32-23-14-20(29)13-22-21-9-10-30-15-24(21)31-26(22)23/h9-10,13-15,25,31H,3,6-8,11-12,16-18H2,1-2,4-5H3,(H,32,35)/t25-/m0/s1. The normalized spacial score (nSPS) is 18.0. The molecule has 3 heterocycles. The molecule has 1 saturated heterocycles. The van der Waals surface area contributed by atoms with E-state index in [0.717, 1.165) is 59.9 Å². The van der Waals surface area contributed by atoms with Gasteiger partial charge >= 0.3 is 0 Å². The molecule has 2 aromatic heterocycles. The number of halogens is 1. The van der Waals surface area contributed by atoms with Gasteiger partial charge in [0.25, 0.3) is 0 Å². The third kappa shape index (κ3) is 5.85. The molecule has 2 N–H and O–H groups in total. The van der Waals surface area contributed by atoms with E-state index < -0.39 is 6.04 Å². The first-order chi connectivity index (χ1) is 17.2. The van der Waals surface area contributed by atoms with Crippen molar-refractivity contribution in [3.63, 3.8) is 0 Å². The van der Waals surface area contributed by atoms with Gasteiger partial charge in [0.15, 0.2) is 0 Å². The van der Waals surface area contributed by atoms with Crippen LogP contribution in [0.2, 0.25) is 5.02 Å². The molecule has 0 radical (unpaired) electrons. The molecule has 0 saturated carbocycles. The molecular weight excluding hydrogens is 474 g/mol. The first-order valence-electron chi connectivity index (χ1n) is 12.9. The average molecular weight is 512 g/mol. The number of nitrogens with one attached hydrogen (secondary N) is 2. The van der Waals surface area contributed by atoms with Crippen LogP contribution in [0.5, 0.6) is 0 Å². The summed E-state index contributed by atoms with van der Waals surface area (Å²) in [6.07, 6.45) is 6.86. The first-order valence-corrected chi connectivity index (χ1v) is 13.3. The van der Waals surface area contributed by atoms with Crippen molar-refractivity contribution in [1.29, 1.82) is 0 Å². The summed E-state index contributed by atoms with van der Waals surface area (Å²) in [6, 6.07) is 5.20. The van der Waals surface area contributed by atoms with Gasteiger partial charge in [0.05, 0.1) is 35.1 Å². The number of nitrogens with zero attached hydrogens (tertiary/aromatic N) is 3. The number of morpholine rings is 1. The van der Waals surface area contributed by atoms with Crippen molar-refractivity contribution in [3.05, 3.63) is 47.9 Å². The number of benzene rings is 1. The van der Waals surface area contributed by atoms with E-state index in [4.69, 9.17) is 16.3 Å². The Hall–Kier alpha value is -2.61. The van der Waals surface area contributed by atoms with Crippen molar-refractivity contribution in [1.82, 2.24) is 19.8 Å². The van der Waals surface area contributed by atoms with E-state index in [1.807, 2.05) is 12.1 Å². The largest absolute Gasteiger partial charge is 0.374 e. The van der Waals surface area contributed by atoms with Crippen LogP contribution in [-0.4, -0.2) is 70.1 Å². The maximum Gasteiger partial charge on any atom is 0.244 e. The molecule has 36 heavy (non-hydrogen) atoms. The van der Waals surface area contributed by atoms with Crippen LogP contribution in [0.15, 0.2) is 42.9 Å². The van der Waals surface area contributed by atoms with E-state index >= 15 is 0 Å². The number of rotatable bonds is 10. The molecule has 0 aliphatic carbocycles. The summed E-state index contributed by atoms with van der Waals surface area (Å²) in [7, 11) is 0. The zero-order chi connectivity index (χ0) is 25.9. The maximum absolute atomic E-state index is 13.7. The molecule has 4 rings (SSSR count). The lowest BCUT2D eigenvalue weighted by Crippen LogP contribution is -2.59. The fourth-order valence-corrected chi connectivity index (χ4v) is 5.19. The lowest BCUT2D eigenvalue weighted by molar-refractivity contribution is -0.142. The van der Waals surface area contributed by atoms with Gasteiger partial charge in [0, 0.05) is 53.9 Å². The van der Waals surface area contributed by atoms with E-state index in [1.54, 1.807) is 18.5 Å². The van der Waals surface area contributed by atoms with Crippen molar-refractivity contribution in [2.24, 2.45) is 0 Å². The van der Waals surface area contributed by atoms with E-state index in [2.05, 4.69) is 59.4 Å². The molecule has 0 spiro atoms. The number of anilines is 1. The van der Waals surface area contributed by atoms with E-state index in [-0.39, 0.29) is 11.5 Å². The minimum Gasteiger partial charge on any atom is -0.374 e. The number of fused-ring (bicyclic) bond motifs is 3. The Morgan fingerprint density at radius 1 is 1.31 bits per heavy atom. The minimum absolute atomic E-state index is 0.116. The quantitative estimate of drug-likeness (QED) is 0.359. The van der Waals surface area contributed by atoms with Gasteiger partial charge < -0.3 is 19.9 Å². The van der Waals surface area contributed by atoms with E-state index in [9.17, 15) is 4.79 Å². The Balaban J connectivity index is 1.58. The highest BCUT2D eigenvalue weighted by molar-refractivity contribution is 6.33. The minimum atomic E-state index is -0.440. The van der Waals surface area contributed by atoms with Gasteiger partial charge in [-0.3, -0.25) is 14.7 Å². The third-order valence-electron chi connectivity index (χ3n) is 6.80. The second-order valence-electron chi connectivity index (χ2n) is 10.3. The number of H-pyrrole nitrogens is 1. The van der Waals surface area contributed by atoms with E-state index in [0.29, 0.717) is 30.4 Å². The smallest absolute Gasteiger partial charge is 0.244 e. The van der Waals surface area contributed by atoms with Crippen LogP contribution in [0.3, 0.4) is 0 Å². The van der Waals surface area contributed by atoms with Crippen LogP contribution in [0, 0.1) is 0 Å². The van der Waals surface area contributed by atoms with Crippen molar-refractivity contribution in [2.75, 3.05) is 38.1 Å². The molecule has 1 aliphatic rings. The topological polar surface area (TPSA) is 73.5 Å². The highest BCUT2D eigenvalue weighted by atomic mass is 35.5. The zero-order valence-corrected chi connectivity index (χ0v) is 22.6. The Labute approximate surface area is 218 Å². The average Bonchev–Trinajstić information content (AvgIpc) is 3.20. The number of carbonyl (C=O) groups is 1. The highest BCUT2D eigenvalue weighted by Gasteiger charge is 2.38. The summed E-state index contributed by atoms with van der Waals surface area (Å²) in [5, 5.41) is 5.67. The van der Waals surface area contributed by atoms with Crippen molar-refractivity contribution in [2.45, 2.75) is 58.6 Å². The first kappa shape index (κ1) is 26.5. The highest BCUT2D eigenvalue weighted by Crippen LogP contribution is 2.33. The van der Waals surface area contributed by atoms with E-state index in [1.165, 1.54) is 0 Å². The number of unbranched alkanes of at least 4 members (excludes halogenated alkanes) is 1. The predicted octanol–water partition coefficient (Wildman–Crippen LogP) is 5.81. The van der Waals surface area contributed by atoms with Gasteiger partial charge in [-0.1, -0.05) is 38.4 Å². The molecule has 0 unspecified atom stereocenters. The molecule has 1 fully saturated rings. The van der Waals surface area contributed by atoms with Gasteiger partial charge in [0.2, 0.25) is 5.91 Å². The van der Waals surface area contributed by atoms with Crippen molar-refractivity contribution >= 4 is 45.0 Å². The second kappa shape index (κ2) is 11.2. The molecule has 1 aromatic carbocycles. The van der Waals surface area contributed by atoms with Crippen LogP contribution >= 0.6 is 11.6 Å². The van der Waals surface area contributed by atoms with Crippen LogP contribution in [-0.2, 0) is 9.53 Å². The van der Waals surface area contributed by atoms with Crippen molar-refractivity contribution in [3.8, 4) is 0 Å². The Kier molecular flexibility index (Phi) is 8.23. The van der Waals surface area contributed by atoms with Gasteiger partial charge in [0.1, 0.15) is 6.04 Å². The monoisotopic (exact) mass is 511 g/mol. The molecular formula is C28H38ClN5O2. The number of amides is 1. The van der Waals surface area contributed by atoms with Crippen LogP contribution in [0.4, 0.5) is 5.69 Å². The Morgan fingerprint density at radius 2 is 2.11 bits per heavy atom. The Morgan fingerprint density at radius 3 is 2.86 bits per heavy atom. The van der Waals surface area contributed by atoms with Gasteiger partial charge in [-0.25, -0.2) is 0 Å². The number of ether oxygens (including phenoxy) is 1. The fourth-order valence-electron chi connectivity index (χ4n) is 4.98. The van der Waals surface area contributed by atoms with Gasteiger partial charge in [-0.15, -0.1) is 0 Å². The summed E-state index contributed by atoms with van der Waals surface area (Å²) >= 11 is 6.46. The number of hydrogen-bond donors (Lipinski definition) is 2. The molecule has 1 atom stereocenters. The lowest BCUT2D eigenvalue weighted by atomic mass is 10.0. The molecule has 8 heteroatoms. The molecule has 7 nitrogen and oxygen atoms in total. The summed E-state index contributed by atoms with van der Waals surface area (Å²) in [6.45, 7) is 16.5. The number of hydrogen-bond acceptors (Lipinski definition) is 5. The number of aromatic amines is 1. The van der Waals surface area contributed by atoms with Gasteiger partial charge in [-0.2, -0.15) is 0 Å². The third-order valence-corrected chi connectivity index (χ3v) is 7.02. The number of aromatic nitrogens is 2. The fraction of sp³-hybridized carbons (Fsp3) is 0.500. The predicted molar refractivity (Wildman–Crippen MR) is 149 cm³/mol. The maximum atomic E-state index is 13.7. The zero-order valence-electron chi connectivity index (χ0n) is 21.9. The molecule has 194 valence electrons. The van der Waals surface area contributed by atoms with Crippen molar-refractivity contribution < 1.29 is 9.53 Å². The molecule has 1 amide bonds. The Bertz CT molecular complexity index is 1240. The van der Waals surface area contributed by atoms with Gasteiger partial charge in [-0.05, 0) is 44.9 Å². The molecule has 0 bridgehead atoms. The lowest BCUT2D eigenvalue weighted by Gasteiger charge is -2.44. The summed E-state index contributed by atoms with van der Waals surface area (Å²) in [5.41, 5.74) is 3.09.